The lowest BCUT2D eigenvalue weighted by molar-refractivity contribution is 0.0948. The van der Waals surface area contributed by atoms with Gasteiger partial charge < -0.3 is 19.2 Å². The minimum Gasteiger partial charge on any atom is -0.459 e. The largest absolute Gasteiger partial charge is 0.459 e. The summed E-state index contributed by atoms with van der Waals surface area (Å²) in [5.41, 5.74) is 0.992. The average Bonchev–Trinajstić information content (AvgIpc) is 3.23. The van der Waals surface area contributed by atoms with Crippen LogP contribution in [0.5, 0.6) is 0 Å². The number of hydrogen-bond acceptors (Lipinski definition) is 8. The number of aryl methyl sites for hydroxylation is 1. The van der Waals surface area contributed by atoms with Crippen molar-refractivity contribution < 1.29 is 13.7 Å². The van der Waals surface area contributed by atoms with E-state index < -0.39 is 0 Å². The molecule has 0 fully saturated rings. The molecule has 3 rings (SSSR count). The highest BCUT2D eigenvalue weighted by Crippen LogP contribution is 2.17. The summed E-state index contributed by atoms with van der Waals surface area (Å²) in [7, 11) is 3.67. The topological polar surface area (TPSA) is 110 Å². The summed E-state index contributed by atoms with van der Waals surface area (Å²) >= 11 is 0. The Kier molecular flexibility index (Phi) is 4.23. The lowest BCUT2D eigenvalue weighted by Crippen LogP contribution is -2.25. The number of carbonyl (C=O) groups excluding carboxylic acids is 1. The predicted molar refractivity (Wildman–Crippen MR) is 84.3 cm³/mol. The summed E-state index contributed by atoms with van der Waals surface area (Å²) in [4.78, 5) is 26.6. The van der Waals surface area contributed by atoms with Gasteiger partial charge in [-0.05, 0) is 19.1 Å². The van der Waals surface area contributed by atoms with Gasteiger partial charge in [-0.25, -0.2) is 9.97 Å². The number of nitrogens with one attached hydrogen (secondary N) is 1. The highest BCUT2D eigenvalue weighted by Gasteiger charge is 2.15. The molecule has 3 aromatic heterocycles. The van der Waals surface area contributed by atoms with Crippen molar-refractivity contribution in [1.29, 1.82) is 0 Å². The molecular weight excluding hydrogens is 312 g/mol. The zero-order valence-electron chi connectivity index (χ0n) is 13.5. The van der Waals surface area contributed by atoms with Crippen molar-refractivity contribution in [3.05, 3.63) is 41.7 Å². The van der Waals surface area contributed by atoms with Gasteiger partial charge in [0.15, 0.2) is 11.6 Å². The molecule has 0 unspecified atom stereocenters. The standard InChI is InChI=1S/C15H16N6O3/c1-9-10(7-17-15(18-9)21(2)3)13(22)16-8-12-19-14(24-20-12)11-5-4-6-23-11/h4-7H,8H2,1-3H3,(H,16,22). The summed E-state index contributed by atoms with van der Waals surface area (Å²) in [5, 5.41) is 6.51. The van der Waals surface area contributed by atoms with Crippen molar-refractivity contribution in [2.75, 3.05) is 19.0 Å². The molecule has 0 aliphatic carbocycles. The van der Waals surface area contributed by atoms with Gasteiger partial charge in [-0.3, -0.25) is 4.79 Å². The Morgan fingerprint density at radius 2 is 2.17 bits per heavy atom. The maximum Gasteiger partial charge on any atom is 0.293 e. The average molecular weight is 328 g/mol. The number of carbonyl (C=O) groups is 1. The molecule has 0 aromatic carbocycles. The Morgan fingerprint density at radius 3 is 2.83 bits per heavy atom. The minimum absolute atomic E-state index is 0.123. The van der Waals surface area contributed by atoms with Crippen LogP contribution in [0.25, 0.3) is 11.7 Å². The number of amides is 1. The summed E-state index contributed by atoms with van der Waals surface area (Å²) in [5.74, 6) is 1.33. The molecule has 0 atom stereocenters. The zero-order valence-corrected chi connectivity index (χ0v) is 13.5. The second kappa shape index (κ2) is 6.49. The molecule has 1 N–H and O–H groups in total. The highest BCUT2D eigenvalue weighted by molar-refractivity contribution is 5.94. The third-order valence-electron chi connectivity index (χ3n) is 3.22. The molecule has 9 nitrogen and oxygen atoms in total. The first-order chi connectivity index (χ1) is 11.5. The molecule has 24 heavy (non-hydrogen) atoms. The van der Waals surface area contributed by atoms with Crippen LogP contribution in [-0.2, 0) is 6.54 Å². The second-order valence-electron chi connectivity index (χ2n) is 5.24. The third-order valence-corrected chi connectivity index (χ3v) is 3.22. The molecular formula is C15H16N6O3. The van der Waals surface area contributed by atoms with E-state index in [9.17, 15) is 4.79 Å². The molecule has 0 aliphatic rings. The normalized spacial score (nSPS) is 10.6. The third kappa shape index (κ3) is 3.24. The molecule has 0 aliphatic heterocycles. The second-order valence-corrected chi connectivity index (χ2v) is 5.24. The van der Waals surface area contributed by atoms with E-state index in [4.69, 9.17) is 8.94 Å². The van der Waals surface area contributed by atoms with Crippen LogP contribution in [0.2, 0.25) is 0 Å². The lowest BCUT2D eigenvalue weighted by atomic mass is 10.2. The van der Waals surface area contributed by atoms with E-state index in [2.05, 4.69) is 25.4 Å². The van der Waals surface area contributed by atoms with Crippen LogP contribution in [0.3, 0.4) is 0 Å². The predicted octanol–water partition coefficient (Wildman–Crippen LogP) is 1.42. The summed E-state index contributed by atoms with van der Waals surface area (Å²) in [6.07, 6.45) is 3.01. The minimum atomic E-state index is -0.304. The van der Waals surface area contributed by atoms with Crippen LogP contribution < -0.4 is 10.2 Å². The summed E-state index contributed by atoms with van der Waals surface area (Å²) in [6.45, 7) is 1.88. The van der Waals surface area contributed by atoms with Crippen molar-refractivity contribution in [2.45, 2.75) is 13.5 Å². The van der Waals surface area contributed by atoms with Gasteiger partial charge in [0, 0.05) is 20.3 Å². The van der Waals surface area contributed by atoms with Crippen LogP contribution in [-0.4, -0.2) is 40.1 Å². The van der Waals surface area contributed by atoms with Crippen molar-refractivity contribution in [1.82, 2.24) is 25.4 Å². The summed E-state index contributed by atoms with van der Waals surface area (Å²) in [6, 6.07) is 3.43. The smallest absolute Gasteiger partial charge is 0.293 e. The first-order valence-electron chi connectivity index (χ1n) is 7.20. The zero-order chi connectivity index (χ0) is 17.1. The van der Waals surface area contributed by atoms with E-state index in [-0.39, 0.29) is 18.3 Å². The molecule has 9 heteroatoms. The Hall–Kier alpha value is -3.23. The molecule has 0 radical (unpaired) electrons. The maximum atomic E-state index is 12.2. The van der Waals surface area contributed by atoms with Crippen molar-refractivity contribution in [3.63, 3.8) is 0 Å². The Morgan fingerprint density at radius 1 is 1.33 bits per heavy atom. The monoisotopic (exact) mass is 328 g/mol. The van der Waals surface area contributed by atoms with Crippen molar-refractivity contribution in [3.8, 4) is 11.7 Å². The molecule has 124 valence electrons. The van der Waals surface area contributed by atoms with Gasteiger partial charge in [-0.1, -0.05) is 5.16 Å². The van der Waals surface area contributed by atoms with E-state index in [1.165, 1.54) is 12.5 Å². The van der Waals surface area contributed by atoms with Crippen LogP contribution in [0.15, 0.2) is 33.5 Å². The molecule has 0 bridgehead atoms. The molecule has 0 spiro atoms. The number of rotatable bonds is 5. The van der Waals surface area contributed by atoms with Crippen LogP contribution in [0.4, 0.5) is 5.95 Å². The van der Waals surface area contributed by atoms with Gasteiger partial charge in [0.25, 0.3) is 11.8 Å². The molecule has 3 aromatic rings. The van der Waals surface area contributed by atoms with Gasteiger partial charge in [-0.15, -0.1) is 0 Å². The molecule has 1 amide bonds. The fourth-order valence-electron chi connectivity index (χ4n) is 1.97. The van der Waals surface area contributed by atoms with Crippen LogP contribution in [0.1, 0.15) is 21.9 Å². The fourth-order valence-corrected chi connectivity index (χ4v) is 1.97. The van der Waals surface area contributed by atoms with Gasteiger partial charge >= 0.3 is 0 Å². The number of anilines is 1. The van der Waals surface area contributed by atoms with Gasteiger partial charge in [-0.2, -0.15) is 4.98 Å². The lowest BCUT2D eigenvalue weighted by Gasteiger charge is -2.12. The SMILES string of the molecule is Cc1nc(N(C)C)ncc1C(=O)NCc1noc(-c2ccco2)n1. The first kappa shape index (κ1) is 15.7. The van der Waals surface area contributed by atoms with Gasteiger partial charge in [0.2, 0.25) is 5.95 Å². The fraction of sp³-hybridized carbons (Fsp3) is 0.267. The summed E-state index contributed by atoms with van der Waals surface area (Å²) < 4.78 is 10.2. The Labute approximate surface area is 137 Å². The Bertz CT molecular complexity index is 841. The van der Waals surface area contributed by atoms with E-state index in [0.29, 0.717) is 28.8 Å². The Balaban J connectivity index is 1.65. The van der Waals surface area contributed by atoms with Crippen molar-refractivity contribution in [2.24, 2.45) is 0 Å². The first-order valence-corrected chi connectivity index (χ1v) is 7.20. The van der Waals surface area contributed by atoms with E-state index in [1.807, 2.05) is 14.1 Å². The maximum absolute atomic E-state index is 12.2. The quantitative estimate of drug-likeness (QED) is 0.749. The van der Waals surface area contributed by atoms with Gasteiger partial charge in [0.1, 0.15) is 0 Å². The van der Waals surface area contributed by atoms with Gasteiger partial charge in [0.05, 0.1) is 24.1 Å². The molecule has 0 saturated carbocycles. The molecule has 0 saturated heterocycles. The number of nitrogens with zero attached hydrogens (tertiary/aromatic N) is 5. The van der Waals surface area contributed by atoms with Crippen LogP contribution in [0, 0.1) is 6.92 Å². The van der Waals surface area contributed by atoms with E-state index >= 15 is 0 Å². The highest BCUT2D eigenvalue weighted by atomic mass is 16.5. The number of furan rings is 1. The number of hydrogen-bond donors (Lipinski definition) is 1. The molecule has 3 heterocycles. The van der Waals surface area contributed by atoms with E-state index in [0.717, 1.165) is 0 Å². The van der Waals surface area contributed by atoms with Crippen LogP contribution >= 0.6 is 0 Å². The van der Waals surface area contributed by atoms with Crippen molar-refractivity contribution >= 4 is 11.9 Å². The van der Waals surface area contributed by atoms with E-state index in [1.54, 1.807) is 24.0 Å². The number of aromatic nitrogens is 4.